The van der Waals surface area contributed by atoms with Crippen molar-refractivity contribution in [1.82, 2.24) is 19.7 Å². The Morgan fingerprint density at radius 2 is 1.84 bits per heavy atom. The summed E-state index contributed by atoms with van der Waals surface area (Å²) in [7, 11) is -4.79. The number of rotatable bonds is 4. The van der Waals surface area contributed by atoms with Crippen LogP contribution in [0.3, 0.4) is 0 Å². The molecule has 1 N–H and O–H groups in total. The summed E-state index contributed by atoms with van der Waals surface area (Å²) in [4.78, 5) is 11.7. The zero-order valence-electron chi connectivity index (χ0n) is 15.8. The number of nitrogens with zero attached hydrogens (tertiary/aromatic N) is 4. The molecule has 1 amide bonds. The first kappa shape index (κ1) is 22.8. The SMILES string of the molecule is Cc1ccc(F)cc1S(=O)(=O)NC(=O)c1nnn(-c2ccc(C#N)cc2F)c1C(F)(F)F. The molecule has 0 radical (unpaired) electrons. The number of benzene rings is 2. The average molecular weight is 471 g/mol. The van der Waals surface area contributed by atoms with E-state index in [0.29, 0.717) is 12.1 Å². The van der Waals surface area contributed by atoms with Crippen LogP contribution in [0.1, 0.15) is 27.3 Å². The number of amides is 1. The largest absolute Gasteiger partial charge is 0.435 e. The maximum atomic E-state index is 14.2. The molecule has 0 aliphatic carbocycles. The van der Waals surface area contributed by atoms with Crippen molar-refractivity contribution in [3.8, 4) is 11.8 Å². The number of nitriles is 1. The van der Waals surface area contributed by atoms with Gasteiger partial charge in [0.05, 0.1) is 16.5 Å². The molecule has 2 aromatic carbocycles. The van der Waals surface area contributed by atoms with Crippen molar-refractivity contribution < 1.29 is 35.2 Å². The monoisotopic (exact) mass is 471 g/mol. The molecule has 0 aliphatic heterocycles. The van der Waals surface area contributed by atoms with Crippen LogP contribution in [0.25, 0.3) is 5.69 Å². The van der Waals surface area contributed by atoms with Crippen molar-refractivity contribution in [2.24, 2.45) is 0 Å². The quantitative estimate of drug-likeness (QED) is 0.585. The second-order valence-corrected chi connectivity index (χ2v) is 7.97. The first-order chi connectivity index (χ1) is 14.8. The van der Waals surface area contributed by atoms with Gasteiger partial charge < -0.3 is 0 Å². The Hall–Kier alpha value is -3.86. The van der Waals surface area contributed by atoms with Crippen LogP contribution >= 0.6 is 0 Å². The van der Waals surface area contributed by atoms with Crippen molar-refractivity contribution in [3.63, 3.8) is 0 Å². The zero-order valence-corrected chi connectivity index (χ0v) is 16.6. The van der Waals surface area contributed by atoms with Gasteiger partial charge in [0.15, 0.2) is 11.4 Å². The molecule has 0 unspecified atom stereocenters. The number of sulfonamides is 1. The third-order valence-corrected chi connectivity index (χ3v) is 5.60. The summed E-state index contributed by atoms with van der Waals surface area (Å²) < 4.78 is 94.9. The van der Waals surface area contributed by atoms with E-state index in [0.717, 1.165) is 24.3 Å². The second-order valence-electron chi connectivity index (χ2n) is 6.32. The Morgan fingerprint density at radius 3 is 2.44 bits per heavy atom. The average Bonchev–Trinajstić information content (AvgIpc) is 3.15. The summed E-state index contributed by atoms with van der Waals surface area (Å²) in [5.74, 6) is -4.04. The molecule has 0 atom stereocenters. The van der Waals surface area contributed by atoms with E-state index in [4.69, 9.17) is 5.26 Å². The minimum atomic E-state index is -5.31. The molecule has 0 saturated carbocycles. The molecular formula is C18H10F5N5O3S. The number of halogens is 5. The second kappa shape index (κ2) is 8.00. The van der Waals surface area contributed by atoms with Crippen LogP contribution in [0.15, 0.2) is 41.3 Å². The molecule has 0 spiro atoms. The normalized spacial score (nSPS) is 11.8. The fourth-order valence-electron chi connectivity index (χ4n) is 2.69. The van der Waals surface area contributed by atoms with Gasteiger partial charge in [-0.15, -0.1) is 5.10 Å². The molecule has 14 heteroatoms. The third-order valence-electron chi connectivity index (χ3n) is 4.13. The molecule has 0 aliphatic rings. The van der Waals surface area contributed by atoms with Crippen LogP contribution in [-0.4, -0.2) is 29.3 Å². The molecular weight excluding hydrogens is 461 g/mol. The molecule has 0 saturated heterocycles. The summed E-state index contributed by atoms with van der Waals surface area (Å²) >= 11 is 0. The number of carbonyl (C=O) groups excluding carboxylic acids is 1. The Balaban J connectivity index is 2.08. The lowest BCUT2D eigenvalue weighted by Crippen LogP contribution is -2.33. The molecule has 166 valence electrons. The number of hydrogen-bond acceptors (Lipinski definition) is 6. The van der Waals surface area contributed by atoms with Gasteiger partial charge in [-0.25, -0.2) is 26.6 Å². The van der Waals surface area contributed by atoms with E-state index in [-0.39, 0.29) is 15.8 Å². The van der Waals surface area contributed by atoms with Crippen molar-refractivity contribution in [1.29, 1.82) is 5.26 Å². The minimum absolute atomic E-state index is 0.0195. The lowest BCUT2D eigenvalue weighted by Gasteiger charge is -2.12. The minimum Gasteiger partial charge on any atom is -0.266 e. The van der Waals surface area contributed by atoms with E-state index in [1.165, 1.54) is 11.6 Å². The topological polar surface area (TPSA) is 118 Å². The Morgan fingerprint density at radius 1 is 1.16 bits per heavy atom. The Kier molecular flexibility index (Phi) is 5.71. The summed E-state index contributed by atoms with van der Waals surface area (Å²) in [5.41, 5.74) is -4.27. The predicted octanol–water partition coefficient (Wildman–Crippen LogP) is 2.86. The van der Waals surface area contributed by atoms with Gasteiger partial charge in [-0.3, -0.25) is 4.79 Å². The van der Waals surface area contributed by atoms with Crippen LogP contribution in [0.5, 0.6) is 0 Å². The lowest BCUT2D eigenvalue weighted by atomic mass is 10.2. The van der Waals surface area contributed by atoms with Gasteiger partial charge in [0.2, 0.25) is 0 Å². The van der Waals surface area contributed by atoms with Gasteiger partial charge in [-0.1, -0.05) is 11.3 Å². The highest BCUT2D eigenvalue weighted by atomic mass is 32.2. The van der Waals surface area contributed by atoms with Crippen molar-refractivity contribution in [2.75, 3.05) is 0 Å². The first-order valence-corrected chi connectivity index (χ1v) is 9.89. The fourth-order valence-corrected chi connectivity index (χ4v) is 3.91. The zero-order chi connectivity index (χ0) is 23.8. The molecule has 1 heterocycles. The van der Waals surface area contributed by atoms with Crippen molar-refractivity contribution in [2.45, 2.75) is 18.0 Å². The van der Waals surface area contributed by atoms with Gasteiger partial charge in [-0.05, 0) is 42.8 Å². The summed E-state index contributed by atoms with van der Waals surface area (Å²) in [6, 6.07) is 6.70. The summed E-state index contributed by atoms with van der Waals surface area (Å²) in [6.07, 6.45) is -5.31. The number of alkyl halides is 3. The Bertz CT molecular complexity index is 1380. The van der Waals surface area contributed by atoms with Gasteiger partial charge in [0.1, 0.15) is 17.3 Å². The van der Waals surface area contributed by atoms with Gasteiger partial charge in [-0.2, -0.15) is 18.4 Å². The van der Waals surface area contributed by atoms with E-state index in [1.807, 2.05) is 0 Å². The maximum Gasteiger partial charge on any atom is 0.435 e. The molecule has 3 aromatic rings. The lowest BCUT2D eigenvalue weighted by molar-refractivity contribution is -0.143. The third kappa shape index (κ3) is 4.28. The molecule has 3 rings (SSSR count). The van der Waals surface area contributed by atoms with Gasteiger partial charge >= 0.3 is 6.18 Å². The van der Waals surface area contributed by atoms with Crippen LogP contribution in [0.4, 0.5) is 22.0 Å². The molecule has 32 heavy (non-hydrogen) atoms. The molecule has 0 bridgehead atoms. The number of aromatic nitrogens is 3. The standard InChI is InChI=1S/C18H10F5N5O3S/c1-9-2-4-11(19)7-14(9)32(30,31)26-17(29)15-16(18(21,22)23)28(27-25-15)13-5-3-10(8-24)6-12(13)20/h2-7H,1H3,(H,26,29). The first-order valence-electron chi connectivity index (χ1n) is 8.41. The number of nitrogens with one attached hydrogen (secondary N) is 1. The van der Waals surface area contributed by atoms with E-state index in [9.17, 15) is 35.2 Å². The Labute approximate surface area is 176 Å². The number of aryl methyl sites for hydroxylation is 1. The number of carbonyl (C=O) groups is 1. The smallest absolute Gasteiger partial charge is 0.266 e. The van der Waals surface area contributed by atoms with E-state index in [2.05, 4.69) is 10.3 Å². The van der Waals surface area contributed by atoms with E-state index in [1.54, 1.807) is 6.07 Å². The molecule has 8 nitrogen and oxygen atoms in total. The summed E-state index contributed by atoms with van der Waals surface area (Å²) in [5, 5.41) is 15.0. The molecule has 1 aromatic heterocycles. The predicted molar refractivity (Wildman–Crippen MR) is 96.8 cm³/mol. The van der Waals surface area contributed by atoms with Crippen LogP contribution < -0.4 is 4.72 Å². The maximum absolute atomic E-state index is 14.2. The number of hydrogen-bond donors (Lipinski definition) is 1. The van der Waals surface area contributed by atoms with E-state index >= 15 is 0 Å². The highest BCUT2D eigenvalue weighted by Crippen LogP contribution is 2.33. The van der Waals surface area contributed by atoms with E-state index < -0.39 is 55.7 Å². The van der Waals surface area contributed by atoms with Crippen LogP contribution in [0, 0.1) is 29.9 Å². The van der Waals surface area contributed by atoms with Crippen molar-refractivity contribution in [3.05, 3.63) is 70.5 Å². The van der Waals surface area contributed by atoms with Gasteiger partial charge in [0.25, 0.3) is 15.9 Å². The highest BCUT2D eigenvalue weighted by molar-refractivity contribution is 7.90. The highest BCUT2D eigenvalue weighted by Gasteiger charge is 2.43. The summed E-state index contributed by atoms with van der Waals surface area (Å²) in [6.45, 7) is 1.28. The van der Waals surface area contributed by atoms with Crippen LogP contribution in [-0.2, 0) is 16.2 Å². The van der Waals surface area contributed by atoms with Crippen molar-refractivity contribution >= 4 is 15.9 Å². The van der Waals surface area contributed by atoms with Crippen LogP contribution in [0.2, 0.25) is 0 Å². The molecule has 0 fully saturated rings. The fraction of sp³-hybridized carbons (Fsp3) is 0.111. The van der Waals surface area contributed by atoms with Gasteiger partial charge in [0, 0.05) is 0 Å².